The Balaban J connectivity index is 1.40. The number of nitrogens with one attached hydrogen (secondary N) is 1. The van der Waals surface area contributed by atoms with Crippen LogP contribution < -0.4 is 15.1 Å². The number of hydrogen-bond donors (Lipinski definition) is 1. The number of rotatable bonds is 4. The molecule has 28 heavy (non-hydrogen) atoms. The molecule has 0 radical (unpaired) electrons. The fraction of sp³-hybridized carbons (Fsp3) is 0.333. The van der Waals surface area contributed by atoms with Crippen molar-refractivity contribution >= 4 is 34.9 Å². The van der Waals surface area contributed by atoms with E-state index in [9.17, 15) is 14.4 Å². The van der Waals surface area contributed by atoms with E-state index in [2.05, 4.69) is 15.2 Å². The molecule has 0 spiro atoms. The number of nitrogens with zero attached hydrogens (tertiary/aromatic N) is 3. The molecule has 2 fully saturated rings. The van der Waals surface area contributed by atoms with Crippen molar-refractivity contribution in [2.45, 2.75) is 32.1 Å². The molecule has 1 N–H and O–H groups in total. The molecule has 0 bridgehead atoms. The Morgan fingerprint density at radius 2 is 1.57 bits per heavy atom. The SMILES string of the molecule is O=C(Nc1ccc(N2CCCCC2)nc1)c1ccc(N2C(=O)CCC2=O)cc1. The summed E-state index contributed by atoms with van der Waals surface area (Å²) in [5.74, 6) is 0.254. The fourth-order valence-corrected chi connectivity index (χ4v) is 3.60. The molecular weight excluding hydrogens is 356 g/mol. The van der Waals surface area contributed by atoms with Gasteiger partial charge in [0, 0.05) is 31.5 Å². The lowest BCUT2D eigenvalue weighted by Crippen LogP contribution is -2.30. The lowest BCUT2D eigenvalue weighted by Gasteiger charge is -2.27. The molecule has 0 aliphatic carbocycles. The number of amides is 3. The third-order valence-electron chi connectivity index (χ3n) is 5.13. The summed E-state index contributed by atoms with van der Waals surface area (Å²) in [6.45, 7) is 2.04. The second kappa shape index (κ2) is 7.80. The minimum atomic E-state index is -0.266. The molecule has 1 aromatic carbocycles. The van der Waals surface area contributed by atoms with Gasteiger partial charge in [-0.2, -0.15) is 0 Å². The average Bonchev–Trinajstić information content (AvgIpc) is 3.07. The van der Waals surface area contributed by atoms with E-state index < -0.39 is 0 Å². The van der Waals surface area contributed by atoms with E-state index >= 15 is 0 Å². The molecule has 4 rings (SSSR count). The second-order valence-corrected chi connectivity index (χ2v) is 7.08. The van der Waals surface area contributed by atoms with Gasteiger partial charge in [-0.05, 0) is 55.7 Å². The highest BCUT2D eigenvalue weighted by atomic mass is 16.2. The van der Waals surface area contributed by atoms with Gasteiger partial charge in [0.1, 0.15) is 5.82 Å². The summed E-state index contributed by atoms with van der Waals surface area (Å²) in [5, 5.41) is 2.83. The van der Waals surface area contributed by atoms with Gasteiger partial charge in [-0.15, -0.1) is 0 Å². The van der Waals surface area contributed by atoms with Crippen molar-refractivity contribution in [2.24, 2.45) is 0 Å². The molecule has 3 amide bonds. The van der Waals surface area contributed by atoms with Gasteiger partial charge in [0.25, 0.3) is 5.91 Å². The first-order valence-electron chi connectivity index (χ1n) is 9.60. The second-order valence-electron chi connectivity index (χ2n) is 7.08. The van der Waals surface area contributed by atoms with Crippen LogP contribution in [0.4, 0.5) is 17.2 Å². The molecule has 7 heteroatoms. The minimum absolute atomic E-state index is 0.206. The van der Waals surface area contributed by atoms with Crippen LogP contribution in [0, 0.1) is 0 Å². The number of benzene rings is 1. The monoisotopic (exact) mass is 378 g/mol. The van der Waals surface area contributed by atoms with Crippen LogP contribution in [0.3, 0.4) is 0 Å². The molecule has 3 heterocycles. The normalized spacial score (nSPS) is 17.1. The van der Waals surface area contributed by atoms with Gasteiger partial charge in [0.2, 0.25) is 11.8 Å². The number of imide groups is 1. The van der Waals surface area contributed by atoms with Crippen molar-refractivity contribution in [1.29, 1.82) is 0 Å². The summed E-state index contributed by atoms with van der Waals surface area (Å²) >= 11 is 0. The van der Waals surface area contributed by atoms with E-state index in [1.165, 1.54) is 24.2 Å². The third kappa shape index (κ3) is 3.74. The number of anilines is 3. The highest BCUT2D eigenvalue weighted by Crippen LogP contribution is 2.23. The molecule has 144 valence electrons. The van der Waals surface area contributed by atoms with Crippen LogP contribution in [-0.2, 0) is 9.59 Å². The van der Waals surface area contributed by atoms with Gasteiger partial charge in [0.05, 0.1) is 17.6 Å². The zero-order valence-corrected chi connectivity index (χ0v) is 15.6. The van der Waals surface area contributed by atoms with Gasteiger partial charge in [-0.1, -0.05) is 0 Å². The van der Waals surface area contributed by atoms with Crippen LogP contribution in [0.5, 0.6) is 0 Å². The summed E-state index contributed by atoms with van der Waals surface area (Å²) in [7, 11) is 0. The van der Waals surface area contributed by atoms with Crippen LogP contribution in [0.2, 0.25) is 0 Å². The molecular formula is C21H22N4O3. The Labute approximate surface area is 163 Å². The fourth-order valence-electron chi connectivity index (χ4n) is 3.60. The molecule has 0 atom stereocenters. The topological polar surface area (TPSA) is 82.6 Å². The molecule has 1 aromatic heterocycles. The summed E-state index contributed by atoms with van der Waals surface area (Å²) < 4.78 is 0. The minimum Gasteiger partial charge on any atom is -0.357 e. The summed E-state index contributed by atoms with van der Waals surface area (Å²) in [6, 6.07) is 10.2. The lowest BCUT2D eigenvalue weighted by molar-refractivity contribution is -0.121. The maximum absolute atomic E-state index is 12.5. The van der Waals surface area contributed by atoms with Crippen LogP contribution in [-0.4, -0.2) is 35.8 Å². The molecule has 2 aliphatic heterocycles. The van der Waals surface area contributed by atoms with Crippen molar-refractivity contribution in [3.63, 3.8) is 0 Å². The summed E-state index contributed by atoms with van der Waals surface area (Å²) in [5.41, 5.74) is 1.57. The molecule has 7 nitrogen and oxygen atoms in total. The zero-order chi connectivity index (χ0) is 19.5. The van der Waals surface area contributed by atoms with E-state index in [0.29, 0.717) is 16.9 Å². The summed E-state index contributed by atoms with van der Waals surface area (Å²) in [4.78, 5) is 44.0. The molecule has 2 aliphatic rings. The summed E-state index contributed by atoms with van der Waals surface area (Å²) in [6.07, 6.45) is 5.78. The van der Waals surface area contributed by atoms with E-state index in [4.69, 9.17) is 0 Å². The quantitative estimate of drug-likeness (QED) is 0.827. The Morgan fingerprint density at radius 1 is 0.893 bits per heavy atom. The third-order valence-corrected chi connectivity index (χ3v) is 5.13. The molecule has 0 saturated carbocycles. The highest BCUT2D eigenvalue weighted by molar-refractivity contribution is 6.20. The number of carbonyl (C=O) groups excluding carboxylic acids is 3. The smallest absolute Gasteiger partial charge is 0.255 e. The van der Waals surface area contributed by atoms with E-state index in [1.54, 1.807) is 30.5 Å². The Bertz CT molecular complexity index is 871. The molecule has 0 unspecified atom stereocenters. The van der Waals surface area contributed by atoms with E-state index in [0.717, 1.165) is 18.9 Å². The van der Waals surface area contributed by atoms with Crippen LogP contribution >= 0.6 is 0 Å². The maximum atomic E-state index is 12.5. The van der Waals surface area contributed by atoms with Gasteiger partial charge in [-0.3, -0.25) is 19.3 Å². The lowest BCUT2D eigenvalue weighted by atomic mass is 10.1. The largest absolute Gasteiger partial charge is 0.357 e. The maximum Gasteiger partial charge on any atom is 0.255 e. The van der Waals surface area contributed by atoms with E-state index in [-0.39, 0.29) is 30.6 Å². The Hall–Kier alpha value is -3.22. The molecule has 2 saturated heterocycles. The average molecular weight is 378 g/mol. The van der Waals surface area contributed by atoms with Gasteiger partial charge in [-0.25, -0.2) is 4.98 Å². The van der Waals surface area contributed by atoms with Crippen molar-refractivity contribution in [2.75, 3.05) is 28.2 Å². The van der Waals surface area contributed by atoms with Gasteiger partial charge in [0.15, 0.2) is 0 Å². The first-order chi connectivity index (χ1) is 13.6. The van der Waals surface area contributed by atoms with Crippen molar-refractivity contribution in [3.8, 4) is 0 Å². The van der Waals surface area contributed by atoms with Gasteiger partial charge >= 0.3 is 0 Å². The standard InChI is InChI=1S/C21H22N4O3/c26-19-10-11-20(27)25(19)17-7-4-15(5-8-17)21(28)23-16-6-9-18(22-14-16)24-12-2-1-3-13-24/h4-9,14H,1-3,10-13H2,(H,23,28). The van der Waals surface area contributed by atoms with Crippen LogP contribution in [0.25, 0.3) is 0 Å². The van der Waals surface area contributed by atoms with Gasteiger partial charge < -0.3 is 10.2 Å². The van der Waals surface area contributed by atoms with Crippen molar-refractivity contribution in [1.82, 2.24) is 4.98 Å². The predicted molar refractivity (Wildman–Crippen MR) is 106 cm³/mol. The Morgan fingerprint density at radius 3 is 2.18 bits per heavy atom. The first kappa shape index (κ1) is 18.2. The van der Waals surface area contributed by atoms with Crippen molar-refractivity contribution in [3.05, 3.63) is 48.2 Å². The number of aromatic nitrogens is 1. The predicted octanol–water partition coefficient (Wildman–Crippen LogP) is 2.98. The highest BCUT2D eigenvalue weighted by Gasteiger charge is 2.30. The number of hydrogen-bond acceptors (Lipinski definition) is 5. The van der Waals surface area contributed by atoms with E-state index in [1.807, 2.05) is 12.1 Å². The van der Waals surface area contributed by atoms with Crippen molar-refractivity contribution < 1.29 is 14.4 Å². The number of carbonyl (C=O) groups is 3. The number of piperidine rings is 1. The Kier molecular flexibility index (Phi) is 5.06. The molecule has 2 aromatic rings. The zero-order valence-electron chi connectivity index (χ0n) is 15.6. The first-order valence-corrected chi connectivity index (χ1v) is 9.60. The number of pyridine rings is 1. The van der Waals surface area contributed by atoms with Crippen LogP contribution in [0.15, 0.2) is 42.6 Å². The van der Waals surface area contributed by atoms with Crippen LogP contribution in [0.1, 0.15) is 42.5 Å².